The van der Waals surface area contributed by atoms with Crippen LogP contribution < -0.4 is 5.32 Å². The lowest BCUT2D eigenvalue weighted by atomic mass is 9.98. The van der Waals surface area contributed by atoms with E-state index >= 15 is 0 Å². The first kappa shape index (κ1) is 12.6. The number of aromatic nitrogens is 1. The van der Waals surface area contributed by atoms with Crippen LogP contribution in [0.5, 0.6) is 0 Å². The fourth-order valence-electron chi connectivity index (χ4n) is 3.40. The van der Waals surface area contributed by atoms with Crippen molar-refractivity contribution in [2.45, 2.75) is 19.0 Å². The summed E-state index contributed by atoms with van der Waals surface area (Å²) in [5.41, 5.74) is 4.26. The van der Waals surface area contributed by atoms with Gasteiger partial charge in [0.05, 0.1) is 5.52 Å². The van der Waals surface area contributed by atoms with Crippen molar-refractivity contribution >= 4 is 10.9 Å². The van der Waals surface area contributed by atoms with Gasteiger partial charge in [0.1, 0.15) is 5.82 Å². The number of benzene rings is 2. The first-order chi connectivity index (χ1) is 10.3. The molecular weight excluding hydrogens is 263 g/mol. The number of rotatable bonds is 2. The van der Waals surface area contributed by atoms with E-state index in [0.717, 1.165) is 23.9 Å². The average molecular weight is 280 g/mol. The minimum Gasteiger partial charge on any atom is -0.345 e. The van der Waals surface area contributed by atoms with Gasteiger partial charge in [-0.05, 0) is 25.1 Å². The number of para-hydroxylation sites is 1. The fourth-order valence-corrected chi connectivity index (χ4v) is 3.40. The molecule has 0 saturated heterocycles. The molecule has 2 aromatic carbocycles. The molecule has 0 spiro atoms. The van der Waals surface area contributed by atoms with Crippen LogP contribution in [0, 0.1) is 5.82 Å². The molecule has 2 heterocycles. The first-order valence-electron chi connectivity index (χ1n) is 7.31. The van der Waals surface area contributed by atoms with Crippen molar-refractivity contribution in [3.63, 3.8) is 0 Å². The van der Waals surface area contributed by atoms with Gasteiger partial charge in [0.25, 0.3) is 0 Å². The normalized spacial score (nSPS) is 17.3. The quantitative estimate of drug-likeness (QED) is 0.759. The second-order valence-corrected chi connectivity index (χ2v) is 5.68. The minimum absolute atomic E-state index is 0.161. The molecule has 0 unspecified atom stereocenters. The second kappa shape index (κ2) is 4.71. The van der Waals surface area contributed by atoms with Crippen LogP contribution in [0.3, 0.4) is 0 Å². The highest BCUT2D eigenvalue weighted by Gasteiger charge is 2.22. The summed E-state index contributed by atoms with van der Waals surface area (Å²) in [6.07, 6.45) is 3.12. The maximum atomic E-state index is 14.2. The molecule has 1 aliphatic heterocycles. The summed E-state index contributed by atoms with van der Waals surface area (Å²) in [6, 6.07) is 13.8. The molecule has 106 valence electrons. The van der Waals surface area contributed by atoms with Crippen LogP contribution in [0.1, 0.15) is 5.56 Å². The van der Waals surface area contributed by atoms with Gasteiger partial charge in [0.2, 0.25) is 0 Å². The van der Waals surface area contributed by atoms with E-state index in [-0.39, 0.29) is 5.82 Å². The van der Waals surface area contributed by atoms with Gasteiger partial charge in [-0.15, -0.1) is 0 Å². The van der Waals surface area contributed by atoms with Crippen LogP contribution in [0.4, 0.5) is 4.39 Å². The number of hydrogen-bond acceptors (Lipinski definition) is 1. The van der Waals surface area contributed by atoms with Crippen molar-refractivity contribution in [2.24, 2.45) is 0 Å². The summed E-state index contributed by atoms with van der Waals surface area (Å²) in [5.74, 6) is -0.161. The van der Waals surface area contributed by atoms with E-state index in [1.54, 1.807) is 6.07 Å². The van der Waals surface area contributed by atoms with Gasteiger partial charge in [-0.25, -0.2) is 4.39 Å². The molecule has 0 saturated carbocycles. The molecule has 21 heavy (non-hydrogen) atoms. The summed E-state index contributed by atoms with van der Waals surface area (Å²) in [5, 5.41) is 4.50. The van der Waals surface area contributed by atoms with Crippen LogP contribution in [-0.4, -0.2) is 17.7 Å². The minimum atomic E-state index is -0.161. The zero-order valence-corrected chi connectivity index (χ0v) is 11.9. The van der Waals surface area contributed by atoms with Gasteiger partial charge in [-0.3, -0.25) is 0 Å². The van der Waals surface area contributed by atoms with E-state index in [2.05, 4.69) is 34.3 Å². The van der Waals surface area contributed by atoms with Gasteiger partial charge in [0, 0.05) is 35.3 Å². The van der Waals surface area contributed by atoms with E-state index in [9.17, 15) is 4.39 Å². The lowest BCUT2D eigenvalue weighted by Gasteiger charge is -2.24. The predicted molar refractivity (Wildman–Crippen MR) is 83.9 cm³/mol. The van der Waals surface area contributed by atoms with E-state index in [0.29, 0.717) is 11.6 Å². The van der Waals surface area contributed by atoms with Crippen LogP contribution in [0.25, 0.3) is 22.0 Å². The number of likely N-dealkylation sites (N-methyl/N-ethyl adjacent to an activating group) is 1. The molecule has 0 radical (unpaired) electrons. The monoisotopic (exact) mass is 280 g/mol. The molecule has 0 bridgehead atoms. The maximum Gasteiger partial charge on any atom is 0.131 e. The lowest BCUT2D eigenvalue weighted by Crippen LogP contribution is -2.34. The SMILES string of the molecule is CN[C@H]1Cc2cccc3c(-c4ccccc4F)cn(c23)C1. The Bertz CT molecular complexity index is 819. The van der Waals surface area contributed by atoms with Crippen molar-refractivity contribution in [1.29, 1.82) is 0 Å². The number of nitrogens with zero attached hydrogens (tertiary/aromatic N) is 1. The molecule has 3 heteroatoms. The Labute approximate surface area is 123 Å². The van der Waals surface area contributed by atoms with Crippen molar-refractivity contribution < 1.29 is 4.39 Å². The Hall–Kier alpha value is -2.13. The Morgan fingerprint density at radius 1 is 1.10 bits per heavy atom. The standard InChI is InChI=1S/C18H17FN2/c1-20-13-9-12-5-4-7-15-16(11-21(10-13)18(12)15)14-6-2-3-8-17(14)19/h2-8,11,13,20H,9-10H2,1H3/t13-/m0/s1. The number of halogens is 1. The summed E-state index contributed by atoms with van der Waals surface area (Å²) in [4.78, 5) is 0. The van der Waals surface area contributed by atoms with Crippen LogP contribution in [0.2, 0.25) is 0 Å². The zero-order valence-electron chi connectivity index (χ0n) is 11.9. The molecule has 1 aliphatic rings. The molecule has 1 N–H and O–H groups in total. The largest absolute Gasteiger partial charge is 0.345 e. The van der Waals surface area contributed by atoms with Crippen LogP contribution in [-0.2, 0) is 13.0 Å². The smallest absolute Gasteiger partial charge is 0.131 e. The molecular formula is C18H17FN2. The van der Waals surface area contributed by atoms with Gasteiger partial charge in [-0.1, -0.05) is 36.4 Å². The molecule has 0 fully saturated rings. The van der Waals surface area contributed by atoms with Crippen molar-refractivity contribution in [1.82, 2.24) is 9.88 Å². The molecule has 0 amide bonds. The summed E-state index contributed by atoms with van der Waals surface area (Å²) < 4.78 is 16.4. The van der Waals surface area contributed by atoms with Crippen LogP contribution in [0.15, 0.2) is 48.7 Å². The zero-order chi connectivity index (χ0) is 14.4. The number of hydrogen-bond donors (Lipinski definition) is 1. The van der Waals surface area contributed by atoms with Crippen molar-refractivity contribution in [2.75, 3.05) is 7.05 Å². The summed E-state index contributed by atoms with van der Waals surface area (Å²) in [7, 11) is 2.00. The molecule has 1 atom stereocenters. The van der Waals surface area contributed by atoms with Gasteiger partial charge in [-0.2, -0.15) is 0 Å². The summed E-state index contributed by atoms with van der Waals surface area (Å²) in [6.45, 7) is 0.929. The van der Waals surface area contributed by atoms with Crippen LogP contribution >= 0.6 is 0 Å². The van der Waals surface area contributed by atoms with Crippen molar-refractivity contribution in [3.05, 3.63) is 60.0 Å². The summed E-state index contributed by atoms with van der Waals surface area (Å²) >= 11 is 0. The maximum absolute atomic E-state index is 14.2. The Balaban J connectivity index is 1.99. The van der Waals surface area contributed by atoms with Crippen molar-refractivity contribution in [3.8, 4) is 11.1 Å². The van der Waals surface area contributed by atoms with Gasteiger partial charge < -0.3 is 9.88 Å². The van der Waals surface area contributed by atoms with Gasteiger partial charge in [0.15, 0.2) is 0 Å². The third-order valence-electron chi connectivity index (χ3n) is 4.44. The highest BCUT2D eigenvalue weighted by Crippen LogP contribution is 2.36. The number of nitrogens with one attached hydrogen (secondary N) is 1. The Morgan fingerprint density at radius 3 is 2.76 bits per heavy atom. The molecule has 1 aromatic heterocycles. The predicted octanol–water partition coefficient (Wildman–Crippen LogP) is 3.59. The van der Waals surface area contributed by atoms with E-state index in [4.69, 9.17) is 0 Å². The average Bonchev–Trinajstić information content (AvgIpc) is 2.88. The molecule has 3 aromatic rings. The van der Waals surface area contributed by atoms with Gasteiger partial charge >= 0.3 is 0 Å². The topological polar surface area (TPSA) is 17.0 Å². The molecule has 0 aliphatic carbocycles. The highest BCUT2D eigenvalue weighted by molar-refractivity contribution is 5.98. The van der Waals surface area contributed by atoms with E-state index < -0.39 is 0 Å². The third-order valence-corrected chi connectivity index (χ3v) is 4.44. The fraction of sp³-hybridized carbons (Fsp3) is 0.222. The third kappa shape index (κ3) is 1.88. The Kier molecular flexibility index (Phi) is 2.82. The molecule has 2 nitrogen and oxygen atoms in total. The van der Waals surface area contributed by atoms with E-state index in [1.807, 2.05) is 19.2 Å². The highest BCUT2D eigenvalue weighted by atomic mass is 19.1. The first-order valence-corrected chi connectivity index (χ1v) is 7.31. The van der Waals surface area contributed by atoms with E-state index in [1.165, 1.54) is 17.1 Å². The Morgan fingerprint density at radius 2 is 1.95 bits per heavy atom. The lowest BCUT2D eigenvalue weighted by molar-refractivity contribution is 0.471. The second-order valence-electron chi connectivity index (χ2n) is 5.68. The molecule has 4 rings (SSSR count).